The number of benzene rings is 2. The lowest BCUT2D eigenvalue weighted by molar-refractivity contribution is -0.137. The number of nitrogens with one attached hydrogen (secondary N) is 1. The van der Waals surface area contributed by atoms with E-state index < -0.39 is 35.4 Å². The molecule has 32 heavy (non-hydrogen) atoms. The van der Waals surface area contributed by atoms with Gasteiger partial charge in [-0.1, -0.05) is 37.5 Å². The molecule has 1 aliphatic carbocycles. The molecule has 0 aliphatic heterocycles. The molecule has 168 valence electrons. The summed E-state index contributed by atoms with van der Waals surface area (Å²) in [5, 5.41) is 2.86. The molecule has 1 unspecified atom stereocenters. The van der Waals surface area contributed by atoms with Crippen LogP contribution in [0.4, 0.5) is 23.2 Å². The molecule has 1 aliphatic rings. The maximum absolute atomic E-state index is 14.0. The Labute approximate surface area is 183 Å². The zero-order chi connectivity index (χ0) is 23.3. The van der Waals surface area contributed by atoms with Gasteiger partial charge in [0.1, 0.15) is 11.9 Å². The zero-order valence-corrected chi connectivity index (χ0v) is 17.2. The quantitative estimate of drug-likeness (QED) is 0.519. The molecule has 8 heteroatoms. The van der Waals surface area contributed by atoms with Crippen molar-refractivity contribution in [1.82, 2.24) is 5.32 Å². The largest absolute Gasteiger partial charge is 0.416 e. The summed E-state index contributed by atoms with van der Waals surface area (Å²) < 4.78 is 53.9. The zero-order valence-electron chi connectivity index (χ0n) is 17.2. The first-order chi connectivity index (χ1) is 15.2. The Morgan fingerprint density at radius 3 is 2.38 bits per heavy atom. The van der Waals surface area contributed by atoms with Crippen molar-refractivity contribution in [2.24, 2.45) is 0 Å². The van der Waals surface area contributed by atoms with Crippen molar-refractivity contribution in [1.29, 1.82) is 0 Å². The van der Waals surface area contributed by atoms with Gasteiger partial charge in [-0.2, -0.15) is 13.2 Å². The SMILES string of the molecule is C#CC(=O)N(c1cccc(C(F)(F)F)c1)C(C(=O)NC1CCCCC1)c1cccc(F)c1. The summed E-state index contributed by atoms with van der Waals surface area (Å²) in [5.41, 5.74) is -1.12. The topological polar surface area (TPSA) is 49.4 Å². The van der Waals surface area contributed by atoms with Gasteiger partial charge in [-0.05, 0) is 54.7 Å². The number of anilines is 1. The number of terminal acetylenes is 1. The third kappa shape index (κ3) is 5.47. The molecule has 1 N–H and O–H groups in total. The van der Waals surface area contributed by atoms with Gasteiger partial charge in [-0.15, -0.1) is 6.42 Å². The molecule has 3 rings (SSSR count). The van der Waals surface area contributed by atoms with Gasteiger partial charge in [-0.3, -0.25) is 14.5 Å². The van der Waals surface area contributed by atoms with Crippen molar-refractivity contribution in [3.63, 3.8) is 0 Å². The summed E-state index contributed by atoms with van der Waals surface area (Å²) in [6.07, 6.45) is 5.02. The molecular weight excluding hydrogens is 424 g/mol. The number of nitrogens with zero attached hydrogens (tertiary/aromatic N) is 1. The van der Waals surface area contributed by atoms with Crippen LogP contribution in [0, 0.1) is 18.2 Å². The van der Waals surface area contributed by atoms with Gasteiger partial charge in [0.05, 0.1) is 5.56 Å². The molecule has 4 nitrogen and oxygen atoms in total. The first-order valence-electron chi connectivity index (χ1n) is 10.2. The van der Waals surface area contributed by atoms with Crippen LogP contribution in [-0.4, -0.2) is 17.9 Å². The average Bonchev–Trinajstić information content (AvgIpc) is 2.77. The van der Waals surface area contributed by atoms with Crippen LogP contribution in [0.15, 0.2) is 48.5 Å². The van der Waals surface area contributed by atoms with Crippen molar-refractivity contribution >= 4 is 17.5 Å². The minimum atomic E-state index is -4.67. The molecule has 0 spiro atoms. The Balaban J connectivity index is 2.09. The summed E-state index contributed by atoms with van der Waals surface area (Å²) in [5.74, 6) is -0.432. The fourth-order valence-corrected chi connectivity index (χ4v) is 3.91. The molecule has 1 atom stereocenters. The van der Waals surface area contributed by atoms with Gasteiger partial charge in [0, 0.05) is 11.7 Å². The molecule has 2 amide bonds. The maximum Gasteiger partial charge on any atom is 0.416 e. The number of rotatable bonds is 5. The highest BCUT2D eigenvalue weighted by atomic mass is 19.4. The number of hydrogen-bond donors (Lipinski definition) is 1. The smallest absolute Gasteiger partial charge is 0.351 e. The third-order valence-corrected chi connectivity index (χ3v) is 5.42. The number of hydrogen-bond acceptors (Lipinski definition) is 2. The van der Waals surface area contributed by atoms with E-state index in [1.165, 1.54) is 18.2 Å². The molecule has 1 saturated carbocycles. The first kappa shape index (κ1) is 23.3. The highest BCUT2D eigenvalue weighted by Crippen LogP contribution is 2.35. The van der Waals surface area contributed by atoms with Crippen molar-refractivity contribution in [2.75, 3.05) is 4.90 Å². The van der Waals surface area contributed by atoms with Gasteiger partial charge in [0.2, 0.25) is 5.91 Å². The fraction of sp³-hybridized carbons (Fsp3) is 0.333. The molecule has 0 aromatic heterocycles. The van der Waals surface area contributed by atoms with Gasteiger partial charge in [-0.25, -0.2) is 4.39 Å². The van der Waals surface area contributed by atoms with Gasteiger partial charge >= 0.3 is 12.1 Å². The number of alkyl halides is 3. The van der Waals surface area contributed by atoms with E-state index in [0.29, 0.717) is 0 Å². The lowest BCUT2D eigenvalue weighted by Crippen LogP contribution is -2.47. The Bertz CT molecular complexity index is 1020. The standard InChI is InChI=1S/C24H22F4N2O2/c1-2-21(31)30(20-13-7-9-17(15-20)24(26,27)28)22(16-8-6-10-18(25)14-16)23(32)29-19-11-4-3-5-12-19/h1,6-10,13-15,19,22H,3-5,11-12H2,(H,29,32). The highest BCUT2D eigenvalue weighted by molar-refractivity contribution is 6.09. The maximum atomic E-state index is 14.0. The van der Waals surface area contributed by atoms with Gasteiger partial charge in [0.25, 0.3) is 0 Å². The predicted octanol–water partition coefficient (Wildman–Crippen LogP) is 5.00. The normalized spacial score (nSPS) is 15.5. The van der Waals surface area contributed by atoms with E-state index in [9.17, 15) is 27.2 Å². The van der Waals surface area contributed by atoms with Crippen molar-refractivity contribution in [2.45, 2.75) is 50.4 Å². The average molecular weight is 446 g/mol. The van der Waals surface area contributed by atoms with Gasteiger partial charge in [0.15, 0.2) is 0 Å². The van der Waals surface area contributed by atoms with E-state index in [0.717, 1.165) is 67.3 Å². The second-order valence-corrected chi connectivity index (χ2v) is 7.67. The van der Waals surface area contributed by atoms with Crippen LogP contribution in [0.5, 0.6) is 0 Å². The second-order valence-electron chi connectivity index (χ2n) is 7.67. The van der Waals surface area contributed by atoms with E-state index in [2.05, 4.69) is 5.32 Å². The van der Waals surface area contributed by atoms with E-state index in [1.54, 1.807) is 0 Å². The van der Waals surface area contributed by atoms with Crippen molar-refractivity contribution in [3.8, 4) is 12.3 Å². The minimum Gasteiger partial charge on any atom is -0.351 e. The molecule has 0 radical (unpaired) electrons. The summed E-state index contributed by atoms with van der Waals surface area (Å²) in [7, 11) is 0. The Morgan fingerprint density at radius 1 is 1.06 bits per heavy atom. The minimum absolute atomic E-state index is 0.0966. The molecule has 2 aromatic carbocycles. The fourth-order valence-electron chi connectivity index (χ4n) is 3.91. The Kier molecular flexibility index (Phi) is 7.18. The predicted molar refractivity (Wildman–Crippen MR) is 112 cm³/mol. The van der Waals surface area contributed by atoms with Crippen LogP contribution in [0.1, 0.15) is 49.3 Å². The van der Waals surface area contributed by atoms with Crippen LogP contribution in [-0.2, 0) is 15.8 Å². The molecular formula is C24H22F4N2O2. The summed E-state index contributed by atoms with van der Waals surface area (Å²) in [6.45, 7) is 0. The molecule has 2 aromatic rings. The monoisotopic (exact) mass is 446 g/mol. The molecule has 0 saturated heterocycles. The summed E-state index contributed by atoms with van der Waals surface area (Å²) >= 11 is 0. The highest BCUT2D eigenvalue weighted by Gasteiger charge is 2.36. The van der Waals surface area contributed by atoms with E-state index in [1.807, 2.05) is 5.92 Å². The summed E-state index contributed by atoms with van der Waals surface area (Å²) in [6, 6.07) is 7.40. The lowest BCUT2D eigenvalue weighted by atomic mass is 9.94. The Hall–Kier alpha value is -3.34. The van der Waals surface area contributed by atoms with Gasteiger partial charge < -0.3 is 5.32 Å². The van der Waals surface area contributed by atoms with Crippen LogP contribution in [0.3, 0.4) is 0 Å². The van der Waals surface area contributed by atoms with Crippen molar-refractivity contribution < 1.29 is 27.2 Å². The number of carbonyl (C=O) groups is 2. The first-order valence-corrected chi connectivity index (χ1v) is 10.2. The summed E-state index contributed by atoms with van der Waals surface area (Å²) in [4.78, 5) is 26.8. The number of halogens is 4. The van der Waals surface area contributed by atoms with E-state index in [-0.39, 0.29) is 17.3 Å². The van der Waals surface area contributed by atoms with Crippen LogP contribution < -0.4 is 10.2 Å². The van der Waals surface area contributed by atoms with Crippen LogP contribution >= 0.6 is 0 Å². The second kappa shape index (κ2) is 9.86. The Morgan fingerprint density at radius 2 is 1.75 bits per heavy atom. The van der Waals surface area contributed by atoms with E-state index >= 15 is 0 Å². The van der Waals surface area contributed by atoms with Crippen molar-refractivity contribution in [3.05, 3.63) is 65.5 Å². The lowest BCUT2D eigenvalue weighted by Gasteiger charge is -2.32. The van der Waals surface area contributed by atoms with Crippen LogP contribution in [0.25, 0.3) is 0 Å². The third-order valence-electron chi connectivity index (χ3n) is 5.42. The van der Waals surface area contributed by atoms with Crippen LogP contribution in [0.2, 0.25) is 0 Å². The number of carbonyl (C=O) groups excluding carboxylic acids is 2. The molecule has 1 fully saturated rings. The molecule has 0 bridgehead atoms. The number of amides is 2. The molecule has 0 heterocycles. The van der Waals surface area contributed by atoms with E-state index in [4.69, 9.17) is 6.42 Å².